The number of anilines is 1. The monoisotopic (exact) mass is 475 g/mol. The Morgan fingerprint density at radius 1 is 0.968 bits per heavy atom. The van der Waals surface area contributed by atoms with Crippen LogP contribution in [0, 0.1) is 0 Å². The Labute approximate surface area is 194 Å². The maximum Gasteiger partial charge on any atom is 0.340 e. The molecule has 160 valence electrons. The summed E-state index contributed by atoms with van der Waals surface area (Å²) in [4.78, 5) is 26.0. The Morgan fingerprint density at radius 2 is 1.74 bits per heavy atom. The van der Waals surface area contributed by atoms with Gasteiger partial charge in [0, 0.05) is 15.7 Å². The van der Waals surface area contributed by atoms with Crippen molar-refractivity contribution in [2.45, 2.75) is 4.90 Å². The van der Waals surface area contributed by atoms with Crippen molar-refractivity contribution >= 4 is 52.5 Å². The number of hydrogen-bond donors (Lipinski definition) is 1. The first-order valence-electron chi connectivity index (χ1n) is 9.27. The molecule has 31 heavy (non-hydrogen) atoms. The first-order chi connectivity index (χ1) is 15.0. The highest BCUT2D eigenvalue weighted by Crippen LogP contribution is 2.26. The van der Waals surface area contributed by atoms with Crippen LogP contribution in [0.15, 0.2) is 71.6 Å². The molecule has 1 N–H and O–H groups in total. The summed E-state index contributed by atoms with van der Waals surface area (Å²) in [5.74, 6) is 0.170. The smallest absolute Gasteiger partial charge is 0.340 e. The second-order valence-electron chi connectivity index (χ2n) is 6.29. The van der Waals surface area contributed by atoms with Gasteiger partial charge in [-0.1, -0.05) is 41.4 Å². The normalized spacial score (nSPS) is 10.4. The minimum Gasteiger partial charge on any atom is -0.493 e. The lowest BCUT2D eigenvalue weighted by atomic mass is 10.1. The summed E-state index contributed by atoms with van der Waals surface area (Å²) in [5.41, 5.74) is 0.697. The number of esters is 1. The fourth-order valence-corrected chi connectivity index (χ4v) is 3.95. The van der Waals surface area contributed by atoms with Crippen molar-refractivity contribution in [2.75, 3.05) is 24.8 Å². The van der Waals surface area contributed by atoms with Gasteiger partial charge < -0.3 is 14.8 Å². The van der Waals surface area contributed by atoms with Crippen molar-refractivity contribution in [3.8, 4) is 5.75 Å². The Balaban J connectivity index is 1.69. The van der Waals surface area contributed by atoms with E-state index < -0.39 is 11.9 Å². The van der Waals surface area contributed by atoms with Crippen LogP contribution in [0.1, 0.15) is 20.7 Å². The Hall–Kier alpha value is -2.67. The van der Waals surface area contributed by atoms with Crippen LogP contribution in [-0.2, 0) is 4.74 Å². The molecule has 3 rings (SSSR count). The first kappa shape index (κ1) is 23.0. The molecule has 0 bridgehead atoms. The molecule has 0 aromatic heterocycles. The number of carbonyl (C=O) groups excluding carboxylic acids is 2. The van der Waals surface area contributed by atoms with E-state index in [4.69, 9.17) is 32.7 Å². The number of rotatable bonds is 8. The summed E-state index contributed by atoms with van der Waals surface area (Å²) in [5, 5.41) is 3.32. The predicted octanol–water partition coefficient (Wildman–Crippen LogP) is 6.20. The van der Waals surface area contributed by atoms with Crippen LogP contribution < -0.4 is 10.1 Å². The van der Waals surface area contributed by atoms with Crippen LogP contribution >= 0.6 is 35.0 Å². The van der Waals surface area contributed by atoms with Crippen LogP contribution in [0.4, 0.5) is 5.69 Å². The summed E-state index contributed by atoms with van der Waals surface area (Å²) in [7, 11) is 1.27. The SMILES string of the molecule is COC(=O)c1cc(OCCSc2ccccc2)ccc1NC(=O)c1ccc(Cl)cc1Cl. The maximum atomic E-state index is 12.6. The van der Waals surface area contributed by atoms with Gasteiger partial charge in [-0.3, -0.25) is 4.79 Å². The number of methoxy groups -OCH3 is 1. The van der Waals surface area contributed by atoms with Gasteiger partial charge in [-0.2, -0.15) is 0 Å². The molecule has 0 fully saturated rings. The molecule has 5 nitrogen and oxygen atoms in total. The Kier molecular flexibility index (Phi) is 8.23. The number of ether oxygens (including phenoxy) is 2. The second-order valence-corrected chi connectivity index (χ2v) is 8.30. The van der Waals surface area contributed by atoms with Crippen LogP contribution in [0.5, 0.6) is 5.75 Å². The van der Waals surface area contributed by atoms with Crippen molar-refractivity contribution in [1.82, 2.24) is 0 Å². The molecule has 0 aliphatic rings. The van der Waals surface area contributed by atoms with E-state index in [2.05, 4.69) is 5.32 Å². The van der Waals surface area contributed by atoms with Crippen molar-refractivity contribution in [1.29, 1.82) is 0 Å². The van der Waals surface area contributed by atoms with Gasteiger partial charge >= 0.3 is 5.97 Å². The zero-order chi connectivity index (χ0) is 22.2. The first-order valence-corrected chi connectivity index (χ1v) is 11.0. The van der Waals surface area contributed by atoms with E-state index in [0.29, 0.717) is 17.4 Å². The third kappa shape index (κ3) is 6.40. The molecular weight excluding hydrogens is 457 g/mol. The molecule has 0 aliphatic carbocycles. The lowest BCUT2D eigenvalue weighted by Gasteiger charge is -2.13. The largest absolute Gasteiger partial charge is 0.493 e. The molecule has 0 radical (unpaired) electrons. The van der Waals surface area contributed by atoms with E-state index in [0.717, 1.165) is 10.6 Å². The van der Waals surface area contributed by atoms with Gasteiger partial charge in [0.15, 0.2) is 0 Å². The highest BCUT2D eigenvalue weighted by Gasteiger charge is 2.18. The second kappa shape index (κ2) is 11.1. The molecule has 1 amide bonds. The molecule has 0 spiro atoms. The van der Waals surface area contributed by atoms with E-state index >= 15 is 0 Å². The maximum absolute atomic E-state index is 12.6. The fourth-order valence-electron chi connectivity index (χ4n) is 2.70. The van der Waals surface area contributed by atoms with Crippen molar-refractivity contribution in [3.05, 3.63) is 87.9 Å². The van der Waals surface area contributed by atoms with Crippen molar-refractivity contribution in [3.63, 3.8) is 0 Å². The van der Waals surface area contributed by atoms with E-state index in [1.165, 1.54) is 25.3 Å². The number of halogens is 2. The Bertz CT molecular complexity index is 1080. The fraction of sp³-hybridized carbons (Fsp3) is 0.130. The number of nitrogens with one attached hydrogen (secondary N) is 1. The van der Waals surface area contributed by atoms with E-state index in [-0.39, 0.29) is 21.8 Å². The van der Waals surface area contributed by atoms with E-state index in [9.17, 15) is 9.59 Å². The Morgan fingerprint density at radius 3 is 2.45 bits per heavy atom. The van der Waals surface area contributed by atoms with Gasteiger partial charge in [0.25, 0.3) is 5.91 Å². The quantitative estimate of drug-likeness (QED) is 0.238. The van der Waals surface area contributed by atoms with Gasteiger partial charge in [0.05, 0.1) is 35.6 Å². The van der Waals surface area contributed by atoms with Gasteiger partial charge in [0.2, 0.25) is 0 Å². The summed E-state index contributed by atoms with van der Waals surface area (Å²) < 4.78 is 10.6. The van der Waals surface area contributed by atoms with Crippen LogP contribution in [0.25, 0.3) is 0 Å². The standard InChI is InChI=1S/C23H19Cl2NO4S/c1-29-23(28)19-14-16(30-11-12-31-17-5-3-2-4-6-17)8-10-21(19)26-22(27)18-9-7-15(24)13-20(18)25/h2-10,13-14H,11-12H2,1H3,(H,26,27). The van der Waals surface area contributed by atoms with E-state index in [1.54, 1.807) is 30.0 Å². The number of thioether (sulfide) groups is 1. The van der Waals surface area contributed by atoms with Gasteiger partial charge in [-0.05, 0) is 48.5 Å². The third-order valence-corrected chi connectivity index (χ3v) is 5.71. The van der Waals surface area contributed by atoms with Crippen molar-refractivity contribution < 1.29 is 19.1 Å². The molecule has 0 saturated carbocycles. The van der Waals surface area contributed by atoms with Gasteiger partial charge in [-0.25, -0.2) is 4.79 Å². The molecule has 0 unspecified atom stereocenters. The van der Waals surface area contributed by atoms with Gasteiger partial charge in [-0.15, -0.1) is 11.8 Å². The molecular formula is C23H19Cl2NO4S. The molecule has 8 heteroatoms. The average molecular weight is 476 g/mol. The minimum absolute atomic E-state index is 0.175. The number of hydrogen-bond acceptors (Lipinski definition) is 5. The molecule has 3 aromatic carbocycles. The zero-order valence-electron chi connectivity index (χ0n) is 16.6. The number of benzene rings is 3. The topological polar surface area (TPSA) is 64.6 Å². The van der Waals surface area contributed by atoms with Crippen molar-refractivity contribution in [2.24, 2.45) is 0 Å². The van der Waals surface area contributed by atoms with E-state index in [1.807, 2.05) is 30.3 Å². The molecule has 0 aliphatic heterocycles. The highest BCUT2D eigenvalue weighted by atomic mass is 35.5. The average Bonchev–Trinajstić information content (AvgIpc) is 2.77. The minimum atomic E-state index is -0.596. The van der Waals surface area contributed by atoms with Crippen LogP contribution in [-0.4, -0.2) is 31.3 Å². The van der Waals surface area contributed by atoms with Gasteiger partial charge in [0.1, 0.15) is 5.75 Å². The molecule has 0 heterocycles. The predicted molar refractivity (Wildman–Crippen MR) is 125 cm³/mol. The third-order valence-electron chi connectivity index (χ3n) is 4.18. The summed E-state index contributed by atoms with van der Waals surface area (Å²) in [6.07, 6.45) is 0. The van der Waals surface area contributed by atoms with Crippen LogP contribution in [0.2, 0.25) is 10.0 Å². The molecule has 0 saturated heterocycles. The lowest BCUT2D eigenvalue weighted by Crippen LogP contribution is -2.16. The zero-order valence-corrected chi connectivity index (χ0v) is 18.9. The number of amides is 1. The summed E-state index contributed by atoms with van der Waals surface area (Å²) >= 11 is 13.7. The lowest BCUT2D eigenvalue weighted by molar-refractivity contribution is 0.0601. The van der Waals surface area contributed by atoms with Crippen LogP contribution in [0.3, 0.4) is 0 Å². The molecule has 3 aromatic rings. The highest BCUT2D eigenvalue weighted by molar-refractivity contribution is 7.99. The summed E-state index contributed by atoms with van der Waals surface area (Å²) in [6, 6.07) is 19.4. The summed E-state index contributed by atoms with van der Waals surface area (Å²) in [6.45, 7) is 0.451. The number of carbonyl (C=O) groups is 2. The molecule has 0 atom stereocenters.